The molecular weight excluding hydrogens is 382 g/mol. The van der Waals surface area contributed by atoms with Gasteiger partial charge in [-0.05, 0) is 54.8 Å². The average Bonchev–Trinajstić information content (AvgIpc) is 2.73. The summed E-state index contributed by atoms with van der Waals surface area (Å²) in [4.78, 5) is 21.6. The summed E-state index contributed by atoms with van der Waals surface area (Å²) in [5, 5.41) is 1.87. The Bertz CT molecular complexity index is 1080. The molecular formula is C24H24ClN3O. The number of nitrogens with zero attached hydrogens (tertiary/aromatic N) is 3. The molecule has 2 aromatic carbocycles. The van der Waals surface area contributed by atoms with Crippen molar-refractivity contribution in [3.8, 4) is 0 Å². The highest BCUT2D eigenvalue weighted by molar-refractivity contribution is 6.30. The minimum atomic E-state index is 0.0307. The van der Waals surface area contributed by atoms with Gasteiger partial charge in [0.25, 0.3) is 0 Å². The molecule has 1 fully saturated rings. The standard InChI is InChI=1S/C24H24ClN3O/c1-17-5-3-8-21-18(2)15-22(26-24(17)21)27-11-13-28(14-12-27)23(29)10-9-19-6-4-7-20(25)16-19/h3-10,15-16H,11-14H2,1-2H3/b10-9+. The molecule has 1 aromatic heterocycles. The number of para-hydroxylation sites is 1. The van der Waals surface area contributed by atoms with E-state index in [-0.39, 0.29) is 5.91 Å². The lowest BCUT2D eigenvalue weighted by Crippen LogP contribution is -2.48. The topological polar surface area (TPSA) is 36.4 Å². The Morgan fingerprint density at radius 2 is 1.76 bits per heavy atom. The predicted molar refractivity (Wildman–Crippen MR) is 120 cm³/mol. The number of carbonyl (C=O) groups is 1. The summed E-state index contributed by atoms with van der Waals surface area (Å²) in [6.07, 6.45) is 3.45. The molecule has 1 amide bonds. The third-order valence-corrected chi connectivity index (χ3v) is 5.65. The Morgan fingerprint density at radius 1 is 1.00 bits per heavy atom. The second-order valence-corrected chi connectivity index (χ2v) is 7.91. The number of amides is 1. The summed E-state index contributed by atoms with van der Waals surface area (Å²) in [6, 6.07) is 15.9. The molecule has 0 saturated carbocycles. The quantitative estimate of drug-likeness (QED) is 0.583. The molecule has 1 aliphatic heterocycles. The van der Waals surface area contributed by atoms with E-state index in [9.17, 15) is 4.79 Å². The fourth-order valence-electron chi connectivity index (χ4n) is 3.74. The fraction of sp³-hybridized carbons (Fsp3) is 0.250. The van der Waals surface area contributed by atoms with Crippen LogP contribution >= 0.6 is 11.6 Å². The van der Waals surface area contributed by atoms with E-state index in [1.165, 1.54) is 16.5 Å². The highest BCUT2D eigenvalue weighted by Gasteiger charge is 2.21. The summed E-state index contributed by atoms with van der Waals surface area (Å²) in [5.41, 5.74) is 4.41. The van der Waals surface area contributed by atoms with Crippen molar-refractivity contribution < 1.29 is 4.79 Å². The van der Waals surface area contributed by atoms with E-state index < -0.39 is 0 Å². The van der Waals surface area contributed by atoms with Crippen molar-refractivity contribution >= 4 is 40.3 Å². The number of aryl methyl sites for hydroxylation is 2. The third-order valence-electron chi connectivity index (χ3n) is 5.42. The summed E-state index contributed by atoms with van der Waals surface area (Å²) < 4.78 is 0. The first-order chi connectivity index (χ1) is 14.0. The van der Waals surface area contributed by atoms with Gasteiger partial charge in [-0.3, -0.25) is 4.79 Å². The molecule has 148 valence electrons. The van der Waals surface area contributed by atoms with Crippen molar-refractivity contribution in [3.05, 3.63) is 76.3 Å². The fourth-order valence-corrected chi connectivity index (χ4v) is 3.94. The maximum Gasteiger partial charge on any atom is 0.246 e. The second-order valence-electron chi connectivity index (χ2n) is 7.47. The Labute approximate surface area is 176 Å². The van der Waals surface area contributed by atoms with Gasteiger partial charge in [0.15, 0.2) is 0 Å². The number of hydrogen-bond donors (Lipinski definition) is 0. The Morgan fingerprint density at radius 3 is 2.52 bits per heavy atom. The van der Waals surface area contributed by atoms with Crippen LogP contribution in [0.1, 0.15) is 16.7 Å². The number of piperazine rings is 1. The molecule has 0 N–H and O–H groups in total. The maximum atomic E-state index is 12.5. The van der Waals surface area contributed by atoms with E-state index in [2.05, 4.69) is 43.0 Å². The first-order valence-corrected chi connectivity index (χ1v) is 10.2. The van der Waals surface area contributed by atoms with Crippen LogP contribution in [0.15, 0.2) is 54.6 Å². The van der Waals surface area contributed by atoms with Crippen LogP contribution in [-0.4, -0.2) is 42.0 Å². The van der Waals surface area contributed by atoms with Gasteiger partial charge in [-0.15, -0.1) is 0 Å². The number of hydrogen-bond acceptors (Lipinski definition) is 3. The normalized spacial score (nSPS) is 14.7. The smallest absolute Gasteiger partial charge is 0.246 e. The first-order valence-electron chi connectivity index (χ1n) is 9.86. The van der Waals surface area contributed by atoms with Crippen molar-refractivity contribution in [1.29, 1.82) is 0 Å². The molecule has 1 saturated heterocycles. The molecule has 0 spiro atoms. The van der Waals surface area contributed by atoms with Gasteiger partial charge in [0.05, 0.1) is 5.52 Å². The zero-order valence-electron chi connectivity index (χ0n) is 16.7. The van der Waals surface area contributed by atoms with Gasteiger partial charge in [-0.25, -0.2) is 4.98 Å². The summed E-state index contributed by atoms with van der Waals surface area (Å²) in [5.74, 6) is 1.02. The molecule has 0 radical (unpaired) electrons. The first kappa shape index (κ1) is 19.5. The van der Waals surface area contributed by atoms with E-state index in [1.807, 2.05) is 35.2 Å². The number of halogens is 1. The van der Waals surface area contributed by atoms with Gasteiger partial charge >= 0.3 is 0 Å². The van der Waals surface area contributed by atoms with Crippen LogP contribution < -0.4 is 4.90 Å². The molecule has 0 bridgehead atoms. The second kappa shape index (κ2) is 8.26. The predicted octanol–water partition coefficient (Wildman–Crippen LogP) is 4.87. The van der Waals surface area contributed by atoms with Gasteiger partial charge < -0.3 is 9.80 Å². The van der Waals surface area contributed by atoms with Crippen molar-refractivity contribution in [1.82, 2.24) is 9.88 Å². The number of pyridine rings is 1. The zero-order valence-corrected chi connectivity index (χ0v) is 17.5. The Balaban J connectivity index is 1.43. The van der Waals surface area contributed by atoms with Crippen LogP contribution in [0.4, 0.5) is 5.82 Å². The lowest BCUT2D eigenvalue weighted by molar-refractivity contribution is -0.126. The van der Waals surface area contributed by atoms with Crippen LogP contribution in [0.5, 0.6) is 0 Å². The van der Waals surface area contributed by atoms with E-state index in [0.717, 1.165) is 30.0 Å². The van der Waals surface area contributed by atoms with Crippen LogP contribution in [0.25, 0.3) is 17.0 Å². The van der Waals surface area contributed by atoms with Crippen LogP contribution in [0.3, 0.4) is 0 Å². The van der Waals surface area contributed by atoms with Crippen molar-refractivity contribution in [2.24, 2.45) is 0 Å². The van der Waals surface area contributed by atoms with Crippen molar-refractivity contribution in [3.63, 3.8) is 0 Å². The minimum Gasteiger partial charge on any atom is -0.353 e. The van der Waals surface area contributed by atoms with Crippen molar-refractivity contribution in [2.45, 2.75) is 13.8 Å². The highest BCUT2D eigenvalue weighted by atomic mass is 35.5. The van der Waals surface area contributed by atoms with Crippen LogP contribution in [-0.2, 0) is 4.79 Å². The number of aromatic nitrogens is 1. The Kier molecular flexibility index (Phi) is 5.54. The summed E-state index contributed by atoms with van der Waals surface area (Å²) >= 11 is 6.00. The van der Waals surface area contributed by atoms with E-state index in [4.69, 9.17) is 16.6 Å². The zero-order chi connectivity index (χ0) is 20.4. The summed E-state index contributed by atoms with van der Waals surface area (Å²) in [7, 11) is 0. The molecule has 3 aromatic rings. The minimum absolute atomic E-state index is 0.0307. The maximum absolute atomic E-state index is 12.5. The number of fused-ring (bicyclic) bond motifs is 1. The van der Waals surface area contributed by atoms with Crippen molar-refractivity contribution in [2.75, 3.05) is 31.1 Å². The Hall–Kier alpha value is -2.85. The number of benzene rings is 2. The lowest BCUT2D eigenvalue weighted by atomic mass is 10.1. The molecule has 2 heterocycles. The van der Waals surface area contributed by atoms with Gasteiger partial charge in [-0.1, -0.05) is 41.9 Å². The number of rotatable bonds is 3. The number of anilines is 1. The molecule has 4 nitrogen and oxygen atoms in total. The molecule has 0 unspecified atom stereocenters. The van der Waals surface area contributed by atoms with Gasteiger partial charge in [-0.2, -0.15) is 0 Å². The SMILES string of the molecule is Cc1cc(N2CCN(C(=O)/C=C/c3cccc(Cl)c3)CC2)nc2c(C)cccc12. The molecule has 4 rings (SSSR count). The monoisotopic (exact) mass is 405 g/mol. The van der Waals surface area contributed by atoms with E-state index in [1.54, 1.807) is 6.08 Å². The summed E-state index contributed by atoms with van der Waals surface area (Å²) in [6.45, 7) is 7.16. The van der Waals surface area contributed by atoms with Crippen LogP contribution in [0, 0.1) is 13.8 Å². The molecule has 0 atom stereocenters. The van der Waals surface area contributed by atoms with Gasteiger partial charge in [0.1, 0.15) is 5.82 Å². The van der Waals surface area contributed by atoms with Gasteiger partial charge in [0, 0.05) is 42.7 Å². The molecule has 1 aliphatic rings. The van der Waals surface area contributed by atoms with Crippen LogP contribution in [0.2, 0.25) is 5.02 Å². The molecule has 29 heavy (non-hydrogen) atoms. The largest absolute Gasteiger partial charge is 0.353 e. The van der Waals surface area contributed by atoms with Gasteiger partial charge in [0.2, 0.25) is 5.91 Å². The number of carbonyl (C=O) groups excluding carboxylic acids is 1. The van der Waals surface area contributed by atoms with E-state index in [0.29, 0.717) is 18.1 Å². The molecule has 0 aliphatic carbocycles. The van der Waals surface area contributed by atoms with E-state index >= 15 is 0 Å². The molecule has 5 heteroatoms. The highest BCUT2D eigenvalue weighted by Crippen LogP contribution is 2.25. The lowest BCUT2D eigenvalue weighted by Gasteiger charge is -2.35. The average molecular weight is 406 g/mol. The third kappa shape index (κ3) is 4.28.